The quantitative estimate of drug-likeness (QED) is 0.740. The molecule has 0 radical (unpaired) electrons. The molecule has 2 N–H and O–H groups in total. The van der Waals surface area contributed by atoms with Crippen molar-refractivity contribution in [3.8, 4) is 0 Å². The maximum Gasteiger partial charge on any atom is 0.115 e. The van der Waals surface area contributed by atoms with Crippen molar-refractivity contribution < 1.29 is 10.2 Å². The van der Waals surface area contributed by atoms with Gasteiger partial charge in [0, 0.05) is 0 Å². The van der Waals surface area contributed by atoms with Crippen molar-refractivity contribution in [2.45, 2.75) is 19.4 Å². The van der Waals surface area contributed by atoms with E-state index in [1.807, 2.05) is 44.2 Å². The van der Waals surface area contributed by atoms with Crippen molar-refractivity contribution in [2.24, 2.45) is 5.92 Å². The van der Waals surface area contributed by atoms with Gasteiger partial charge in [0.25, 0.3) is 0 Å². The minimum Gasteiger partial charge on any atom is -0.393 e. The number of aliphatic hydroxyl groups excluding tert-OH is 1. The van der Waals surface area contributed by atoms with Crippen molar-refractivity contribution in [3.63, 3.8) is 0 Å². The van der Waals surface area contributed by atoms with E-state index < -0.39 is 5.60 Å². The van der Waals surface area contributed by atoms with E-state index in [4.69, 9.17) is 5.11 Å². The van der Waals surface area contributed by atoms with Crippen LogP contribution >= 0.6 is 0 Å². The molecule has 0 bridgehead atoms. The third kappa shape index (κ3) is 1.90. The van der Waals surface area contributed by atoms with E-state index in [1.54, 1.807) is 0 Å². The van der Waals surface area contributed by atoms with Crippen LogP contribution in [-0.4, -0.2) is 16.8 Å². The van der Waals surface area contributed by atoms with E-state index in [2.05, 4.69) is 0 Å². The van der Waals surface area contributed by atoms with E-state index in [-0.39, 0.29) is 12.5 Å². The lowest BCUT2D eigenvalue weighted by Gasteiger charge is -2.30. The average Bonchev–Trinajstić information content (AvgIpc) is 2.17. The molecule has 0 unspecified atom stereocenters. The molecule has 0 aliphatic carbocycles. The Morgan fingerprint density at radius 3 is 2.15 bits per heavy atom. The minimum absolute atomic E-state index is 0.0000926. The van der Waals surface area contributed by atoms with Gasteiger partial charge in [-0.25, -0.2) is 0 Å². The highest BCUT2D eigenvalue weighted by molar-refractivity contribution is 5.22. The predicted octanol–water partition coefficient (Wildman–Crippen LogP) is 1.52. The largest absolute Gasteiger partial charge is 0.393 e. The monoisotopic (exact) mass is 180 g/mol. The number of benzene rings is 1. The van der Waals surface area contributed by atoms with Crippen LogP contribution in [0.4, 0.5) is 0 Å². The Kier molecular flexibility index (Phi) is 3.07. The zero-order valence-corrected chi connectivity index (χ0v) is 8.07. The standard InChI is InChI=1S/C11H16O2/c1-9(2)11(13,8-12)10-6-4-3-5-7-10/h3-7,9,12-13H,8H2,1-2H3/t11-/m0/s1. The molecule has 72 valence electrons. The molecule has 1 rings (SSSR count). The fraction of sp³-hybridized carbons (Fsp3) is 0.455. The van der Waals surface area contributed by atoms with E-state index in [0.717, 1.165) is 5.56 Å². The van der Waals surface area contributed by atoms with E-state index in [0.29, 0.717) is 0 Å². The Balaban J connectivity index is 3.03. The lowest BCUT2D eigenvalue weighted by molar-refractivity contribution is -0.0568. The third-order valence-corrected chi connectivity index (χ3v) is 2.47. The number of aliphatic hydroxyl groups is 2. The Hall–Kier alpha value is -0.860. The Bertz CT molecular complexity index is 256. The zero-order chi connectivity index (χ0) is 9.90. The first-order valence-electron chi connectivity index (χ1n) is 4.50. The van der Waals surface area contributed by atoms with Crippen LogP contribution in [-0.2, 0) is 5.60 Å². The molecule has 0 aromatic heterocycles. The molecule has 0 fully saturated rings. The Morgan fingerprint density at radius 1 is 1.23 bits per heavy atom. The van der Waals surface area contributed by atoms with Gasteiger partial charge < -0.3 is 10.2 Å². The van der Waals surface area contributed by atoms with E-state index in [1.165, 1.54) is 0 Å². The highest BCUT2D eigenvalue weighted by Crippen LogP contribution is 2.28. The summed E-state index contributed by atoms with van der Waals surface area (Å²) in [5.74, 6) is -0.0000926. The summed E-state index contributed by atoms with van der Waals surface area (Å²) >= 11 is 0. The highest BCUT2D eigenvalue weighted by atomic mass is 16.3. The molecular formula is C11H16O2. The van der Waals surface area contributed by atoms with E-state index in [9.17, 15) is 5.11 Å². The van der Waals surface area contributed by atoms with Gasteiger partial charge in [0.1, 0.15) is 5.60 Å². The molecule has 0 aliphatic rings. The summed E-state index contributed by atoms with van der Waals surface area (Å²) in [6, 6.07) is 9.27. The summed E-state index contributed by atoms with van der Waals surface area (Å²) in [7, 11) is 0. The van der Waals surface area contributed by atoms with Gasteiger partial charge in [-0.15, -0.1) is 0 Å². The van der Waals surface area contributed by atoms with Crippen LogP contribution in [0.5, 0.6) is 0 Å². The van der Waals surface area contributed by atoms with Crippen LogP contribution in [0.1, 0.15) is 19.4 Å². The lowest BCUT2D eigenvalue weighted by Crippen LogP contribution is -2.35. The highest BCUT2D eigenvalue weighted by Gasteiger charge is 2.31. The molecule has 0 saturated heterocycles. The fourth-order valence-electron chi connectivity index (χ4n) is 1.33. The number of rotatable bonds is 3. The van der Waals surface area contributed by atoms with Crippen LogP contribution in [0.3, 0.4) is 0 Å². The van der Waals surface area contributed by atoms with Crippen molar-refractivity contribution in [1.29, 1.82) is 0 Å². The third-order valence-electron chi connectivity index (χ3n) is 2.47. The predicted molar refractivity (Wildman–Crippen MR) is 52.3 cm³/mol. The molecule has 2 heteroatoms. The minimum atomic E-state index is -1.11. The Labute approximate surface area is 78.8 Å². The molecule has 0 saturated carbocycles. The van der Waals surface area contributed by atoms with E-state index >= 15 is 0 Å². The van der Waals surface area contributed by atoms with Gasteiger partial charge in [0.2, 0.25) is 0 Å². The van der Waals surface area contributed by atoms with Crippen molar-refractivity contribution in [2.75, 3.05) is 6.61 Å². The maximum absolute atomic E-state index is 10.1. The van der Waals surface area contributed by atoms with Gasteiger partial charge in [-0.3, -0.25) is 0 Å². The van der Waals surface area contributed by atoms with Gasteiger partial charge in [0.15, 0.2) is 0 Å². The second kappa shape index (κ2) is 3.90. The van der Waals surface area contributed by atoms with Crippen LogP contribution in [0, 0.1) is 5.92 Å². The number of hydrogen-bond donors (Lipinski definition) is 2. The fourth-order valence-corrected chi connectivity index (χ4v) is 1.33. The maximum atomic E-state index is 10.1. The second-order valence-electron chi connectivity index (χ2n) is 3.60. The SMILES string of the molecule is CC(C)[C@@](O)(CO)c1ccccc1. The van der Waals surface area contributed by atoms with Crippen molar-refractivity contribution in [1.82, 2.24) is 0 Å². The molecule has 2 nitrogen and oxygen atoms in total. The molecule has 1 aromatic carbocycles. The second-order valence-corrected chi connectivity index (χ2v) is 3.60. The summed E-state index contributed by atoms with van der Waals surface area (Å²) in [6.07, 6.45) is 0. The molecule has 0 heterocycles. The van der Waals surface area contributed by atoms with Crippen LogP contribution in [0.15, 0.2) is 30.3 Å². The molecular weight excluding hydrogens is 164 g/mol. The lowest BCUT2D eigenvalue weighted by atomic mass is 9.84. The summed E-state index contributed by atoms with van der Waals surface area (Å²) in [4.78, 5) is 0. The Morgan fingerprint density at radius 2 is 1.77 bits per heavy atom. The first-order valence-corrected chi connectivity index (χ1v) is 4.50. The first kappa shape index (κ1) is 10.2. The molecule has 0 spiro atoms. The first-order chi connectivity index (χ1) is 6.11. The van der Waals surface area contributed by atoms with Gasteiger partial charge in [-0.2, -0.15) is 0 Å². The van der Waals surface area contributed by atoms with Crippen molar-refractivity contribution >= 4 is 0 Å². The zero-order valence-electron chi connectivity index (χ0n) is 8.07. The van der Waals surface area contributed by atoms with Gasteiger partial charge in [-0.05, 0) is 11.5 Å². The van der Waals surface area contributed by atoms with Crippen LogP contribution < -0.4 is 0 Å². The van der Waals surface area contributed by atoms with Crippen molar-refractivity contribution in [3.05, 3.63) is 35.9 Å². The molecule has 0 aliphatic heterocycles. The van der Waals surface area contributed by atoms with Gasteiger partial charge in [-0.1, -0.05) is 44.2 Å². The molecule has 13 heavy (non-hydrogen) atoms. The molecule has 1 aromatic rings. The number of hydrogen-bond acceptors (Lipinski definition) is 2. The van der Waals surface area contributed by atoms with Crippen LogP contribution in [0.25, 0.3) is 0 Å². The summed E-state index contributed by atoms with van der Waals surface area (Å²) in [5.41, 5.74) is -0.339. The smallest absolute Gasteiger partial charge is 0.115 e. The summed E-state index contributed by atoms with van der Waals surface area (Å²) in [5, 5.41) is 19.3. The van der Waals surface area contributed by atoms with Gasteiger partial charge >= 0.3 is 0 Å². The summed E-state index contributed by atoms with van der Waals surface area (Å²) < 4.78 is 0. The topological polar surface area (TPSA) is 40.5 Å². The van der Waals surface area contributed by atoms with Crippen LogP contribution in [0.2, 0.25) is 0 Å². The molecule has 0 amide bonds. The normalized spacial score (nSPS) is 15.8. The summed E-state index contributed by atoms with van der Waals surface area (Å²) in [6.45, 7) is 3.54. The average molecular weight is 180 g/mol. The van der Waals surface area contributed by atoms with Gasteiger partial charge in [0.05, 0.1) is 6.61 Å². The molecule has 1 atom stereocenters.